The van der Waals surface area contributed by atoms with Gasteiger partial charge < -0.3 is 4.57 Å². The van der Waals surface area contributed by atoms with E-state index in [2.05, 4.69) is 4.99 Å². The van der Waals surface area contributed by atoms with Crippen LogP contribution in [0.4, 0.5) is 15.8 Å². The fourth-order valence-corrected chi connectivity index (χ4v) is 2.71. The molecule has 0 aliphatic rings. The van der Waals surface area contributed by atoms with Crippen molar-refractivity contribution in [3.63, 3.8) is 0 Å². The Morgan fingerprint density at radius 3 is 2.32 bits per heavy atom. The second kappa shape index (κ2) is 6.68. The Kier molecular flexibility index (Phi) is 4.43. The molecule has 0 N–H and O–H groups in total. The van der Waals surface area contributed by atoms with Gasteiger partial charge in [0.1, 0.15) is 5.82 Å². The van der Waals surface area contributed by atoms with Gasteiger partial charge in [0.25, 0.3) is 5.69 Å². The molecule has 0 aliphatic carbocycles. The minimum Gasteiger partial charge on any atom is -0.318 e. The number of benzene rings is 2. The number of rotatable bonds is 4. The number of aromatic nitrogens is 1. The predicted octanol–water partition coefficient (Wildman–Crippen LogP) is 4.89. The zero-order chi connectivity index (χ0) is 18.0. The van der Waals surface area contributed by atoms with Crippen LogP contribution in [0.3, 0.4) is 0 Å². The second-order valence-electron chi connectivity index (χ2n) is 5.67. The van der Waals surface area contributed by atoms with Crippen LogP contribution < -0.4 is 0 Å². The Bertz CT molecular complexity index is 942. The highest BCUT2D eigenvalue weighted by Gasteiger charge is 2.09. The van der Waals surface area contributed by atoms with Gasteiger partial charge in [-0.3, -0.25) is 15.1 Å². The molecular weight excluding hydrogens is 321 g/mol. The number of halogens is 1. The first-order chi connectivity index (χ1) is 12.0. The van der Waals surface area contributed by atoms with E-state index in [0.717, 1.165) is 22.6 Å². The monoisotopic (exact) mass is 337 g/mol. The van der Waals surface area contributed by atoms with Gasteiger partial charge in [-0.25, -0.2) is 4.39 Å². The summed E-state index contributed by atoms with van der Waals surface area (Å²) in [5.74, 6) is -0.272. The van der Waals surface area contributed by atoms with Crippen LogP contribution in [0.15, 0.2) is 59.6 Å². The Hall–Kier alpha value is -3.28. The minimum absolute atomic E-state index is 0.0356. The van der Waals surface area contributed by atoms with E-state index < -0.39 is 4.92 Å². The van der Waals surface area contributed by atoms with Crippen molar-refractivity contribution < 1.29 is 9.31 Å². The highest BCUT2D eigenvalue weighted by Crippen LogP contribution is 2.22. The van der Waals surface area contributed by atoms with Crippen LogP contribution in [0.2, 0.25) is 0 Å². The summed E-state index contributed by atoms with van der Waals surface area (Å²) >= 11 is 0. The zero-order valence-corrected chi connectivity index (χ0v) is 13.8. The molecule has 0 atom stereocenters. The molecule has 126 valence electrons. The first kappa shape index (κ1) is 16.6. The Balaban J connectivity index is 1.89. The number of nitro benzene ring substituents is 1. The van der Waals surface area contributed by atoms with Crippen molar-refractivity contribution in [1.29, 1.82) is 0 Å². The summed E-state index contributed by atoms with van der Waals surface area (Å²) in [5, 5.41) is 10.7. The molecule has 0 amide bonds. The number of nitro groups is 1. The lowest BCUT2D eigenvalue weighted by Crippen LogP contribution is -1.99. The molecular formula is C19H16FN3O2. The summed E-state index contributed by atoms with van der Waals surface area (Å²) < 4.78 is 15.1. The maximum Gasteiger partial charge on any atom is 0.269 e. The molecule has 0 aliphatic heterocycles. The van der Waals surface area contributed by atoms with Crippen LogP contribution in [0.1, 0.15) is 17.0 Å². The average Bonchev–Trinajstić information content (AvgIpc) is 2.88. The Labute approximate surface area is 144 Å². The van der Waals surface area contributed by atoms with Crippen LogP contribution in [0.5, 0.6) is 0 Å². The predicted molar refractivity (Wildman–Crippen MR) is 95.6 cm³/mol. The van der Waals surface area contributed by atoms with Crippen molar-refractivity contribution in [1.82, 2.24) is 4.57 Å². The standard InChI is InChI=1S/C19H16FN3O2/c1-13-11-15(12-21-17-5-9-19(10-6-17)23(24)25)14(2)22(13)18-7-3-16(20)4-8-18/h3-12H,1-2H3. The lowest BCUT2D eigenvalue weighted by molar-refractivity contribution is -0.384. The van der Waals surface area contributed by atoms with Gasteiger partial charge in [-0.2, -0.15) is 0 Å². The van der Waals surface area contributed by atoms with E-state index in [4.69, 9.17) is 0 Å². The molecule has 2 aromatic carbocycles. The largest absolute Gasteiger partial charge is 0.318 e. The third kappa shape index (κ3) is 3.47. The number of nitrogens with zero attached hydrogens (tertiary/aromatic N) is 3. The molecule has 0 unspecified atom stereocenters. The molecule has 0 radical (unpaired) electrons. The van der Waals surface area contributed by atoms with Crippen LogP contribution in [-0.4, -0.2) is 15.7 Å². The van der Waals surface area contributed by atoms with E-state index >= 15 is 0 Å². The molecule has 6 heteroatoms. The topological polar surface area (TPSA) is 60.4 Å². The first-order valence-corrected chi connectivity index (χ1v) is 7.69. The zero-order valence-electron chi connectivity index (χ0n) is 13.8. The quantitative estimate of drug-likeness (QED) is 0.386. The molecule has 0 saturated heterocycles. The van der Waals surface area contributed by atoms with E-state index in [1.54, 1.807) is 30.5 Å². The van der Waals surface area contributed by atoms with Gasteiger partial charge in [0.05, 0.1) is 10.6 Å². The number of aliphatic imine (C=N–C) groups is 1. The Morgan fingerprint density at radius 2 is 1.72 bits per heavy atom. The van der Waals surface area contributed by atoms with Gasteiger partial charge in [0.15, 0.2) is 0 Å². The van der Waals surface area contributed by atoms with Crippen molar-refractivity contribution in [2.45, 2.75) is 13.8 Å². The van der Waals surface area contributed by atoms with Gasteiger partial charge in [-0.05, 0) is 56.3 Å². The SMILES string of the molecule is Cc1cc(C=Nc2ccc([N+](=O)[O-])cc2)c(C)n1-c1ccc(F)cc1. The van der Waals surface area contributed by atoms with Crippen molar-refractivity contribution in [3.05, 3.63) is 87.5 Å². The highest BCUT2D eigenvalue weighted by molar-refractivity contribution is 5.84. The molecule has 0 spiro atoms. The lowest BCUT2D eigenvalue weighted by Gasteiger charge is -2.09. The van der Waals surface area contributed by atoms with Gasteiger partial charge in [-0.15, -0.1) is 0 Å². The summed E-state index contributed by atoms with van der Waals surface area (Å²) in [4.78, 5) is 14.6. The van der Waals surface area contributed by atoms with Gasteiger partial charge in [0, 0.05) is 41.0 Å². The molecule has 5 nitrogen and oxygen atoms in total. The maximum absolute atomic E-state index is 13.1. The smallest absolute Gasteiger partial charge is 0.269 e. The van der Waals surface area contributed by atoms with Gasteiger partial charge in [-0.1, -0.05) is 0 Å². The third-order valence-electron chi connectivity index (χ3n) is 3.97. The average molecular weight is 337 g/mol. The van der Waals surface area contributed by atoms with Crippen LogP contribution in [0, 0.1) is 29.8 Å². The van der Waals surface area contributed by atoms with Gasteiger partial charge in [0.2, 0.25) is 0 Å². The van der Waals surface area contributed by atoms with E-state index in [9.17, 15) is 14.5 Å². The fourth-order valence-electron chi connectivity index (χ4n) is 2.71. The first-order valence-electron chi connectivity index (χ1n) is 7.69. The lowest BCUT2D eigenvalue weighted by atomic mass is 10.2. The molecule has 1 aromatic heterocycles. The molecule has 1 heterocycles. The second-order valence-corrected chi connectivity index (χ2v) is 5.67. The van der Waals surface area contributed by atoms with Crippen molar-refractivity contribution in [3.8, 4) is 5.69 Å². The number of aryl methyl sites for hydroxylation is 1. The summed E-state index contributed by atoms with van der Waals surface area (Å²) in [7, 11) is 0. The summed E-state index contributed by atoms with van der Waals surface area (Å²) in [6, 6.07) is 14.4. The molecule has 0 bridgehead atoms. The normalized spacial score (nSPS) is 11.2. The molecule has 0 saturated carbocycles. The van der Waals surface area contributed by atoms with E-state index in [0.29, 0.717) is 5.69 Å². The molecule has 3 rings (SSSR count). The summed E-state index contributed by atoms with van der Waals surface area (Å²) in [6.07, 6.45) is 1.73. The third-order valence-corrected chi connectivity index (χ3v) is 3.97. The summed E-state index contributed by atoms with van der Waals surface area (Å²) in [6.45, 7) is 3.94. The fraction of sp³-hybridized carbons (Fsp3) is 0.105. The van der Waals surface area contributed by atoms with Crippen molar-refractivity contribution in [2.75, 3.05) is 0 Å². The number of non-ortho nitro benzene ring substituents is 1. The number of hydrogen-bond donors (Lipinski definition) is 0. The van der Waals surface area contributed by atoms with Crippen molar-refractivity contribution in [2.24, 2.45) is 4.99 Å². The minimum atomic E-state index is -0.441. The van der Waals surface area contributed by atoms with Crippen molar-refractivity contribution >= 4 is 17.6 Å². The van der Waals surface area contributed by atoms with Crippen LogP contribution in [0.25, 0.3) is 5.69 Å². The maximum atomic E-state index is 13.1. The number of hydrogen-bond acceptors (Lipinski definition) is 3. The highest BCUT2D eigenvalue weighted by atomic mass is 19.1. The Morgan fingerprint density at radius 1 is 1.08 bits per heavy atom. The van der Waals surface area contributed by atoms with E-state index in [1.807, 2.05) is 24.5 Å². The van der Waals surface area contributed by atoms with Crippen LogP contribution in [-0.2, 0) is 0 Å². The van der Waals surface area contributed by atoms with E-state index in [1.165, 1.54) is 24.3 Å². The van der Waals surface area contributed by atoms with E-state index in [-0.39, 0.29) is 11.5 Å². The molecule has 25 heavy (non-hydrogen) atoms. The molecule has 0 fully saturated rings. The molecule has 3 aromatic rings. The van der Waals surface area contributed by atoms with Gasteiger partial charge >= 0.3 is 0 Å². The van der Waals surface area contributed by atoms with Crippen LogP contribution >= 0.6 is 0 Å². The summed E-state index contributed by atoms with van der Waals surface area (Å²) in [5.41, 5.74) is 4.47.